The second-order valence-corrected chi connectivity index (χ2v) is 5.54. The number of aromatic hydroxyl groups is 1. The average Bonchev–Trinajstić information content (AvgIpc) is 3.03. The van der Waals surface area contributed by atoms with Gasteiger partial charge in [0.2, 0.25) is 0 Å². The van der Waals surface area contributed by atoms with Gasteiger partial charge < -0.3 is 5.11 Å². The summed E-state index contributed by atoms with van der Waals surface area (Å²) >= 11 is 0. The smallest absolute Gasteiger partial charge is 0.416 e. The molecule has 0 aromatic heterocycles. The van der Waals surface area contributed by atoms with Crippen LogP contribution >= 0.6 is 0 Å². The van der Waals surface area contributed by atoms with E-state index in [-0.39, 0.29) is 17.6 Å². The first-order valence-corrected chi connectivity index (χ1v) is 7.26. The van der Waals surface area contributed by atoms with Gasteiger partial charge >= 0.3 is 6.18 Å². The van der Waals surface area contributed by atoms with Gasteiger partial charge in [-0.05, 0) is 35.4 Å². The Bertz CT molecular complexity index is 713. The molecule has 0 spiro atoms. The highest BCUT2D eigenvalue weighted by molar-refractivity contribution is 5.41. The molecule has 0 saturated heterocycles. The van der Waals surface area contributed by atoms with Crippen LogP contribution in [0.2, 0.25) is 0 Å². The van der Waals surface area contributed by atoms with E-state index in [2.05, 4.69) is 0 Å². The van der Waals surface area contributed by atoms with E-state index in [1.54, 1.807) is 24.3 Å². The van der Waals surface area contributed by atoms with Crippen molar-refractivity contribution in [3.8, 4) is 5.75 Å². The van der Waals surface area contributed by atoms with E-state index in [1.807, 2.05) is 24.3 Å². The Hall–Kier alpha value is -2.49. The fourth-order valence-electron chi connectivity index (χ4n) is 2.87. The zero-order valence-corrected chi connectivity index (χ0v) is 12.2. The fraction of sp³-hybridized carbons (Fsp3) is 0.158. The standard InChI is InChI=1S/C19H15F3O/c20-19(21,22)16-9-5-14(6-10-16)18(13-3-1-2-4-13)15-7-11-17(23)12-8-15/h1-13,18,23H. The van der Waals surface area contributed by atoms with Crippen molar-refractivity contribution in [3.05, 3.63) is 89.5 Å². The Morgan fingerprint density at radius 3 is 1.74 bits per heavy atom. The quantitative estimate of drug-likeness (QED) is 0.816. The van der Waals surface area contributed by atoms with E-state index in [9.17, 15) is 18.3 Å². The first-order chi connectivity index (χ1) is 10.9. The maximum Gasteiger partial charge on any atom is 0.416 e. The van der Waals surface area contributed by atoms with E-state index >= 15 is 0 Å². The van der Waals surface area contributed by atoms with Crippen LogP contribution in [0.4, 0.5) is 13.2 Å². The number of halogens is 3. The van der Waals surface area contributed by atoms with E-state index in [0.717, 1.165) is 23.3 Å². The Labute approximate surface area is 132 Å². The summed E-state index contributed by atoms with van der Waals surface area (Å²) in [5.74, 6) is 0.154. The molecule has 1 N–H and O–H groups in total. The van der Waals surface area contributed by atoms with Crippen LogP contribution in [0.1, 0.15) is 22.6 Å². The molecule has 23 heavy (non-hydrogen) atoms. The summed E-state index contributed by atoms with van der Waals surface area (Å²) in [6, 6.07) is 12.1. The molecular weight excluding hydrogens is 301 g/mol. The van der Waals surface area contributed by atoms with Crippen LogP contribution in [0.25, 0.3) is 0 Å². The lowest BCUT2D eigenvalue weighted by Gasteiger charge is -2.23. The molecule has 1 aliphatic carbocycles. The summed E-state index contributed by atoms with van der Waals surface area (Å²) in [5.41, 5.74) is 1.11. The Kier molecular flexibility index (Phi) is 3.99. The van der Waals surface area contributed by atoms with Crippen molar-refractivity contribution in [2.45, 2.75) is 12.1 Å². The minimum atomic E-state index is -4.33. The van der Waals surface area contributed by atoms with Crippen molar-refractivity contribution in [2.75, 3.05) is 0 Å². The molecule has 4 heteroatoms. The molecule has 118 valence electrons. The molecule has 1 unspecified atom stereocenters. The zero-order valence-electron chi connectivity index (χ0n) is 12.2. The minimum absolute atomic E-state index is 0.0799. The van der Waals surface area contributed by atoms with Crippen molar-refractivity contribution in [1.82, 2.24) is 0 Å². The molecule has 1 nitrogen and oxygen atoms in total. The van der Waals surface area contributed by atoms with Gasteiger partial charge in [-0.15, -0.1) is 0 Å². The second kappa shape index (κ2) is 5.95. The third kappa shape index (κ3) is 3.31. The van der Waals surface area contributed by atoms with Gasteiger partial charge in [0.05, 0.1) is 5.56 Å². The number of phenols is 1. The van der Waals surface area contributed by atoms with Crippen LogP contribution in [0.5, 0.6) is 5.75 Å². The third-order valence-corrected chi connectivity index (χ3v) is 4.01. The van der Waals surface area contributed by atoms with E-state index < -0.39 is 11.7 Å². The molecule has 0 aliphatic heterocycles. The average molecular weight is 316 g/mol. The molecule has 0 bridgehead atoms. The molecule has 1 aliphatic rings. The van der Waals surface area contributed by atoms with Gasteiger partial charge in [0.15, 0.2) is 0 Å². The molecule has 0 fully saturated rings. The summed E-state index contributed by atoms with van der Waals surface area (Å²) in [4.78, 5) is 0. The van der Waals surface area contributed by atoms with Crippen LogP contribution in [0.15, 0.2) is 72.8 Å². The predicted molar refractivity (Wildman–Crippen MR) is 83.2 cm³/mol. The first-order valence-electron chi connectivity index (χ1n) is 7.26. The molecule has 0 amide bonds. The van der Waals surface area contributed by atoms with E-state index in [4.69, 9.17) is 0 Å². The van der Waals surface area contributed by atoms with Crippen molar-refractivity contribution in [3.63, 3.8) is 0 Å². The maximum atomic E-state index is 12.7. The second-order valence-electron chi connectivity index (χ2n) is 5.54. The largest absolute Gasteiger partial charge is 0.508 e. The van der Waals surface area contributed by atoms with Crippen LogP contribution in [0.3, 0.4) is 0 Å². The maximum absolute atomic E-state index is 12.7. The van der Waals surface area contributed by atoms with Crippen LogP contribution in [-0.4, -0.2) is 5.11 Å². The summed E-state index contributed by atoms with van der Waals surface area (Å²) < 4.78 is 38.2. The number of benzene rings is 2. The van der Waals surface area contributed by atoms with Crippen molar-refractivity contribution < 1.29 is 18.3 Å². The van der Waals surface area contributed by atoms with Crippen LogP contribution in [0, 0.1) is 5.92 Å². The Balaban J connectivity index is 2.00. The fourth-order valence-corrected chi connectivity index (χ4v) is 2.87. The summed E-state index contributed by atoms with van der Waals surface area (Å²) in [6.45, 7) is 0. The minimum Gasteiger partial charge on any atom is -0.508 e. The normalized spacial score (nSPS) is 16.0. The third-order valence-electron chi connectivity index (χ3n) is 4.01. The zero-order chi connectivity index (χ0) is 16.4. The van der Waals surface area contributed by atoms with Gasteiger partial charge in [-0.3, -0.25) is 0 Å². The monoisotopic (exact) mass is 316 g/mol. The first kappa shape index (κ1) is 15.4. The molecule has 0 heterocycles. The van der Waals surface area contributed by atoms with E-state index in [1.165, 1.54) is 12.1 Å². The lowest BCUT2D eigenvalue weighted by Crippen LogP contribution is -2.11. The highest BCUT2D eigenvalue weighted by Gasteiger charge is 2.31. The summed E-state index contributed by atoms with van der Waals surface area (Å²) in [7, 11) is 0. The van der Waals surface area contributed by atoms with Gasteiger partial charge in [-0.25, -0.2) is 0 Å². The number of hydrogen-bond donors (Lipinski definition) is 1. The summed E-state index contributed by atoms with van der Waals surface area (Å²) in [5, 5.41) is 9.45. The number of allylic oxidation sites excluding steroid dienone is 4. The van der Waals surface area contributed by atoms with Gasteiger partial charge in [-0.2, -0.15) is 13.2 Å². The van der Waals surface area contributed by atoms with Gasteiger partial charge in [-0.1, -0.05) is 48.6 Å². The Morgan fingerprint density at radius 2 is 1.26 bits per heavy atom. The number of phenolic OH excluding ortho intramolecular Hbond substituents is 1. The number of hydrogen-bond acceptors (Lipinski definition) is 1. The Morgan fingerprint density at radius 1 is 0.783 bits per heavy atom. The number of alkyl halides is 3. The molecule has 0 radical (unpaired) electrons. The predicted octanol–water partition coefficient (Wildman–Crippen LogP) is 5.29. The van der Waals surface area contributed by atoms with Gasteiger partial charge in [0, 0.05) is 11.8 Å². The molecule has 0 saturated carbocycles. The van der Waals surface area contributed by atoms with Crippen molar-refractivity contribution in [2.24, 2.45) is 5.92 Å². The SMILES string of the molecule is Oc1ccc(C(c2ccc(C(F)(F)F)cc2)C2C=CC=C2)cc1. The topological polar surface area (TPSA) is 20.2 Å². The lowest BCUT2D eigenvalue weighted by atomic mass is 9.81. The van der Waals surface area contributed by atoms with Gasteiger partial charge in [0.25, 0.3) is 0 Å². The molecule has 3 rings (SSSR count). The highest BCUT2D eigenvalue weighted by atomic mass is 19.4. The van der Waals surface area contributed by atoms with E-state index in [0.29, 0.717) is 0 Å². The van der Waals surface area contributed by atoms with Crippen LogP contribution in [-0.2, 0) is 6.18 Å². The summed E-state index contributed by atoms with van der Waals surface area (Å²) in [6.07, 6.45) is 3.58. The van der Waals surface area contributed by atoms with Gasteiger partial charge in [0.1, 0.15) is 5.75 Å². The lowest BCUT2D eigenvalue weighted by molar-refractivity contribution is -0.137. The molecule has 1 atom stereocenters. The van der Waals surface area contributed by atoms with Crippen molar-refractivity contribution >= 4 is 0 Å². The number of rotatable bonds is 3. The van der Waals surface area contributed by atoms with Crippen molar-refractivity contribution in [1.29, 1.82) is 0 Å². The van der Waals surface area contributed by atoms with Crippen LogP contribution < -0.4 is 0 Å². The highest BCUT2D eigenvalue weighted by Crippen LogP contribution is 2.37. The molecule has 2 aromatic carbocycles. The molecule has 2 aromatic rings. The molecular formula is C19H15F3O.